The quantitative estimate of drug-likeness (QED) is 0.557. The number of nitrogens with zero attached hydrogens (tertiary/aromatic N) is 4. The van der Waals surface area contributed by atoms with E-state index < -0.39 is 34.4 Å². The molecule has 0 aliphatic carbocycles. The van der Waals surface area contributed by atoms with E-state index in [0.29, 0.717) is 6.07 Å². The monoisotopic (exact) mass is 278 g/mol. The molecule has 0 aliphatic rings. The van der Waals surface area contributed by atoms with E-state index in [0.717, 1.165) is 6.07 Å². The Bertz CT molecular complexity index is 579. The molecule has 0 spiro atoms. The van der Waals surface area contributed by atoms with Gasteiger partial charge in [-0.05, 0) is 0 Å². The van der Waals surface area contributed by atoms with E-state index in [1.807, 2.05) is 0 Å². The van der Waals surface area contributed by atoms with Crippen LogP contribution in [0, 0.1) is 42.9 Å². The number of nitro benzene ring substituents is 2. The molecule has 0 radical (unpaired) electrons. The van der Waals surface area contributed by atoms with Crippen molar-refractivity contribution in [3.8, 4) is 23.6 Å². The van der Waals surface area contributed by atoms with E-state index >= 15 is 0 Å². The van der Waals surface area contributed by atoms with Gasteiger partial charge in [-0.2, -0.15) is 10.5 Å². The van der Waals surface area contributed by atoms with Crippen LogP contribution in [-0.4, -0.2) is 23.1 Å². The van der Waals surface area contributed by atoms with Crippen molar-refractivity contribution >= 4 is 11.4 Å². The third-order valence-corrected chi connectivity index (χ3v) is 2.02. The third-order valence-electron chi connectivity index (χ3n) is 2.02. The Morgan fingerprint density at radius 2 is 1.35 bits per heavy atom. The molecule has 10 heteroatoms. The lowest BCUT2D eigenvalue weighted by Crippen LogP contribution is -2.03. The minimum absolute atomic E-state index is 0.352. The van der Waals surface area contributed by atoms with E-state index in [1.165, 1.54) is 0 Å². The molecule has 0 unspecified atom stereocenters. The molecule has 0 saturated heterocycles. The zero-order chi connectivity index (χ0) is 15.1. The molecule has 102 valence electrons. The molecular formula is C10H6N4O6. The summed E-state index contributed by atoms with van der Waals surface area (Å²) in [6.45, 7) is -0.952. The van der Waals surface area contributed by atoms with Crippen molar-refractivity contribution in [2.45, 2.75) is 0 Å². The average molecular weight is 278 g/mol. The Hall–Kier alpha value is -3.40. The number of benzene rings is 1. The van der Waals surface area contributed by atoms with Crippen LogP contribution in [0.3, 0.4) is 0 Å². The molecular weight excluding hydrogens is 272 g/mol. The van der Waals surface area contributed by atoms with Gasteiger partial charge in [-0.3, -0.25) is 20.2 Å². The van der Waals surface area contributed by atoms with Crippen molar-refractivity contribution in [3.05, 3.63) is 32.4 Å². The summed E-state index contributed by atoms with van der Waals surface area (Å²) < 4.78 is 9.63. The molecule has 0 N–H and O–H groups in total. The lowest BCUT2D eigenvalue weighted by molar-refractivity contribution is -0.395. The molecule has 0 aliphatic heterocycles. The maximum atomic E-state index is 10.8. The minimum atomic E-state index is -0.881. The van der Waals surface area contributed by atoms with Gasteiger partial charge < -0.3 is 9.47 Å². The topological polar surface area (TPSA) is 152 Å². The van der Waals surface area contributed by atoms with Crippen LogP contribution in [-0.2, 0) is 0 Å². The zero-order valence-electron chi connectivity index (χ0n) is 9.81. The van der Waals surface area contributed by atoms with Crippen LogP contribution in [0.1, 0.15) is 0 Å². The zero-order valence-corrected chi connectivity index (χ0v) is 9.81. The van der Waals surface area contributed by atoms with Crippen molar-refractivity contribution < 1.29 is 19.3 Å². The lowest BCUT2D eigenvalue weighted by atomic mass is 10.2. The second-order valence-electron chi connectivity index (χ2n) is 3.20. The fraction of sp³-hybridized carbons (Fsp3) is 0.200. The molecule has 1 aromatic carbocycles. The van der Waals surface area contributed by atoms with Crippen LogP contribution in [0.15, 0.2) is 12.1 Å². The van der Waals surface area contributed by atoms with E-state index in [9.17, 15) is 20.2 Å². The summed E-state index contributed by atoms with van der Waals surface area (Å²) in [4.78, 5) is 19.9. The number of ether oxygens (including phenoxy) is 2. The summed E-state index contributed by atoms with van der Waals surface area (Å²) in [5, 5.41) is 38.4. The summed E-state index contributed by atoms with van der Waals surface area (Å²) in [6.07, 6.45) is 0. The molecule has 0 amide bonds. The first-order valence-electron chi connectivity index (χ1n) is 4.97. The van der Waals surface area contributed by atoms with Gasteiger partial charge >= 0.3 is 11.4 Å². The molecule has 20 heavy (non-hydrogen) atoms. The summed E-state index contributed by atoms with van der Waals surface area (Å²) in [6, 6.07) is 4.78. The highest BCUT2D eigenvalue weighted by Gasteiger charge is 2.26. The highest BCUT2D eigenvalue weighted by Crippen LogP contribution is 2.39. The number of nitriles is 2. The second-order valence-corrected chi connectivity index (χ2v) is 3.20. The molecule has 0 heterocycles. The van der Waals surface area contributed by atoms with Crippen molar-refractivity contribution in [2.75, 3.05) is 13.2 Å². The van der Waals surface area contributed by atoms with Crippen LogP contribution in [0.5, 0.6) is 11.5 Å². The van der Waals surface area contributed by atoms with Gasteiger partial charge in [0.05, 0.1) is 9.85 Å². The fourth-order valence-electron chi connectivity index (χ4n) is 1.28. The first-order valence-corrected chi connectivity index (χ1v) is 4.97. The first-order chi connectivity index (χ1) is 9.51. The molecule has 0 atom stereocenters. The maximum absolute atomic E-state index is 10.8. The second kappa shape index (κ2) is 6.51. The van der Waals surface area contributed by atoms with Crippen molar-refractivity contribution in [2.24, 2.45) is 0 Å². The summed E-state index contributed by atoms with van der Waals surface area (Å²) in [5.74, 6) is -0.704. The van der Waals surface area contributed by atoms with Crippen molar-refractivity contribution in [3.63, 3.8) is 0 Å². The van der Waals surface area contributed by atoms with Crippen molar-refractivity contribution in [1.29, 1.82) is 10.5 Å². The van der Waals surface area contributed by atoms with Gasteiger partial charge in [0.25, 0.3) is 0 Å². The van der Waals surface area contributed by atoms with Crippen LogP contribution < -0.4 is 9.47 Å². The summed E-state index contributed by atoms with van der Waals surface area (Å²) >= 11 is 0. The third kappa shape index (κ3) is 3.30. The number of nitro groups is 2. The summed E-state index contributed by atoms with van der Waals surface area (Å²) in [7, 11) is 0. The number of hydrogen-bond acceptors (Lipinski definition) is 8. The lowest BCUT2D eigenvalue weighted by Gasteiger charge is -2.07. The van der Waals surface area contributed by atoms with Gasteiger partial charge in [-0.15, -0.1) is 0 Å². The minimum Gasteiger partial charge on any atom is -0.471 e. The Balaban J connectivity index is 3.36. The molecule has 1 aromatic rings. The molecule has 0 saturated carbocycles. The van der Waals surface area contributed by atoms with E-state index in [-0.39, 0.29) is 11.5 Å². The molecule has 10 nitrogen and oxygen atoms in total. The predicted molar refractivity (Wildman–Crippen MR) is 62.0 cm³/mol. The largest absolute Gasteiger partial charge is 0.471 e. The van der Waals surface area contributed by atoms with Crippen LogP contribution >= 0.6 is 0 Å². The van der Waals surface area contributed by atoms with Crippen molar-refractivity contribution in [1.82, 2.24) is 0 Å². The first kappa shape index (κ1) is 14.7. The Kier molecular flexibility index (Phi) is 4.77. The smallest absolute Gasteiger partial charge is 0.318 e. The van der Waals surface area contributed by atoms with Gasteiger partial charge in [-0.25, -0.2) is 0 Å². The van der Waals surface area contributed by atoms with Crippen LogP contribution in [0.25, 0.3) is 0 Å². The molecule has 1 rings (SSSR count). The van der Waals surface area contributed by atoms with Gasteiger partial charge in [0.2, 0.25) is 11.5 Å². The maximum Gasteiger partial charge on any atom is 0.318 e. The Morgan fingerprint density at radius 3 is 1.65 bits per heavy atom. The highest BCUT2D eigenvalue weighted by molar-refractivity contribution is 5.61. The molecule has 0 bridgehead atoms. The predicted octanol–water partition coefficient (Wildman–Crippen LogP) is 1.31. The van der Waals surface area contributed by atoms with E-state index in [4.69, 9.17) is 20.0 Å². The van der Waals surface area contributed by atoms with Gasteiger partial charge in [0, 0.05) is 6.07 Å². The molecule has 0 aromatic heterocycles. The number of rotatable bonds is 6. The van der Waals surface area contributed by atoms with Crippen LogP contribution in [0.4, 0.5) is 11.4 Å². The standard InChI is InChI=1S/C10H6N4O6/c11-1-3-19-9-6-10(20-4-2-12)8(14(17)18)5-7(9)13(15)16/h5-6H,3-4H2. The van der Waals surface area contributed by atoms with E-state index in [1.54, 1.807) is 12.1 Å². The summed E-state index contributed by atoms with van der Waals surface area (Å²) in [5.41, 5.74) is -1.34. The van der Waals surface area contributed by atoms with Gasteiger partial charge in [0.15, 0.2) is 13.2 Å². The van der Waals surface area contributed by atoms with Gasteiger partial charge in [0.1, 0.15) is 18.2 Å². The Labute approximate surface area is 111 Å². The molecule has 0 fully saturated rings. The normalized spacial score (nSPS) is 9.10. The average Bonchev–Trinajstić information content (AvgIpc) is 2.41. The van der Waals surface area contributed by atoms with E-state index in [2.05, 4.69) is 0 Å². The van der Waals surface area contributed by atoms with Gasteiger partial charge in [-0.1, -0.05) is 0 Å². The van der Waals surface area contributed by atoms with Crippen LogP contribution in [0.2, 0.25) is 0 Å². The fourth-order valence-corrected chi connectivity index (χ4v) is 1.28. The Morgan fingerprint density at radius 1 is 0.950 bits per heavy atom. The highest BCUT2D eigenvalue weighted by atomic mass is 16.6. The SMILES string of the molecule is N#CCOc1cc(OCC#N)c([N+](=O)[O-])cc1[N+](=O)[O-]. The number of hydrogen-bond donors (Lipinski definition) is 0.